The Kier molecular flexibility index (Phi) is 5.56. The molecule has 0 saturated heterocycles. The van der Waals surface area contributed by atoms with Crippen molar-refractivity contribution in [3.63, 3.8) is 0 Å². The van der Waals surface area contributed by atoms with Gasteiger partial charge < -0.3 is 0 Å². The summed E-state index contributed by atoms with van der Waals surface area (Å²) in [6.07, 6.45) is 23.0. The minimum atomic E-state index is 0.457. The molecular formula is C18H27BrN2. The number of hydrogen-bond acceptors (Lipinski definition) is 1. The molecule has 0 spiro atoms. The number of halogens is 1. The predicted molar refractivity (Wildman–Crippen MR) is 91.3 cm³/mol. The molecule has 1 heterocycles. The van der Waals surface area contributed by atoms with Crippen molar-refractivity contribution in [2.45, 2.75) is 70.3 Å². The van der Waals surface area contributed by atoms with Crippen LogP contribution in [0.4, 0.5) is 0 Å². The first-order valence-electron chi connectivity index (χ1n) is 8.71. The van der Waals surface area contributed by atoms with Crippen LogP contribution in [0.1, 0.15) is 70.3 Å². The maximum absolute atomic E-state index is 4.57. The van der Waals surface area contributed by atoms with Crippen LogP contribution in [-0.4, -0.2) is 9.78 Å². The van der Waals surface area contributed by atoms with Gasteiger partial charge in [-0.15, -0.1) is 0 Å². The van der Waals surface area contributed by atoms with Crippen LogP contribution in [0.15, 0.2) is 29.0 Å². The molecule has 0 unspecified atom stereocenters. The molecule has 2 nitrogen and oxygen atoms in total. The predicted octanol–water partition coefficient (Wildman–Crippen LogP) is 5.90. The molecule has 1 aromatic heterocycles. The SMILES string of the molecule is Brc1cnn([C@H](/C=C/C2CCCCC2)C2CCCCC2)c1. The molecule has 0 amide bonds. The van der Waals surface area contributed by atoms with Crippen molar-refractivity contribution in [2.24, 2.45) is 11.8 Å². The molecule has 1 atom stereocenters. The van der Waals surface area contributed by atoms with Gasteiger partial charge in [-0.3, -0.25) is 4.68 Å². The lowest BCUT2D eigenvalue weighted by molar-refractivity contribution is 0.271. The van der Waals surface area contributed by atoms with E-state index >= 15 is 0 Å². The van der Waals surface area contributed by atoms with Gasteiger partial charge in [-0.05, 0) is 53.4 Å². The van der Waals surface area contributed by atoms with Gasteiger partial charge in [0.25, 0.3) is 0 Å². The molecule has 0 aliphatic heterocycles. The second kappa shape index (κ2) is 7.62. The van der Waals surface area contributed by atoms with E-state index in [0.29, 0.717) is 6.04 Å². The number of allylic oxidation sites excluding steroid dienone is 2. The lowest BCUT2D eigenvalue weighted by Gasteiger charge is -2.29. The molecule has 2 aliphatic carbocycles. The monoisotopic (exact) mass is 350 g/mol. The highest BCUT2D eigenvalue weighted by atomic mass is 79.9. The third-order valence-corrected chi connectivity index (χ3v) is 5.65. The van der Waals surface area contributed by atoms with Crippen LogP contribution in [0.25, 0.3) is 0 Å². The maximum atomic E-state index is 4.57. The normalized spacial score (nSPS) is 23.7. The van der Waals surface area contributed by atoms with Crippen LogP contribution in [0, 0.1) is 11.8 Å². The lowest BCUT2D eigenvalue weighted by Crippen LogP contribution is -2.21. The number of rotatable bonds is 4. The van der Waals surface area contributed by atoms with E-state index in [1.54, 1.807) is 0 Å². The Balaban J connectivity index is 1.72. The molecule has 0 aromatic carbocycles. The standard InChI is InChI=1S/C18H27BrN2/c19-17-13-20-21(14-17)18(16-9-5-2-6-10-16)12-11-15-7-3-1-4-8-15/h11-16,18H,1-10H2/b12-11+/t18-/m1/s1. The van der Waals surface area contributed by atoms with E-state index in [1.807, 2.05) is 6.20 Å². The Bertz CT molecular complexity index is 454. The molecule has 2 fully saturated rings. The van der Waals surface area contributed by atoms with Crippen molar-refractivity contribution < 1.29 is 0 Å². The molecule has 2 aliphatic rings. The summed E-state index contributed by atoms with van der Waals surface area (Å²) in [7, 11) is 0. The summed E-state index contributed by atoms with van der Waals surface area (Å²) < 4.78 is 3.27. The van der Waals surface area contributed by atoms with Crippen LogP contribution in [0.5, 0.6) is 0 Å². The van der Waals surface area contributed by atoms with E-state index in [-0.39, 0.29) is 0 Å². The third kappa shape index (κ3) is 4.21. The van der Waals surface area contributed by atoms with Crippen molar-refractivity contribution in [2.75, 3.05) is 0 Å². The van der Waals surface area contributed by atoms with Crippen molar-refractivity contribution in [3.8, 4) is 0 Å². The summed E-state index contributed by atoms with van der Waals surface area (Å²) in [6.45, 7) is 0. The summed E-state index contributed by atoms with van der Waals surface area (Å²) in [5, 5.41) is 4.57. The molecule has 116 valence electrons. The highest BCUT2D eigenvalue weighted by Gasteiger charge is 2.24. The van der Waals surface area contributed by atoms with Gasteiger partial charge in [-0.1, -0.05) is 50.7 Å². The topological polar surface area (TPSA) is 17.8 Å². The van der Waals surface area contributed by atoms with Crippen LogP contribution in [-0.2, 0) is 0 Å². The Hall–Kier alpha value is -0.570. The molecule has 0 bridgehead atoms. The molecule has 3 rings (SSSR count). The zero-order chi connectivity index (χ0) is 14.5. The minimum Gasteiger partial charge on any atom is -0.264 e. The van der Waals surface area contributed by atoms with Crippen LogP contribution >= 0.6 is 15.9 Å². The number of nitrogens with zero attached hydrogens (tertiary/aromatic N) is 2. The maximum Gasteiger partial charge on any atom is 0.0728 e. The summed E-state index contributed by atoms with van der Waals surface area (Å²) in [5.41, 5.74) is 0. The Morgan fingerprint density at radius 2 is 1.71 bits per heavy atom. The van der Waals surface area contributed by atoms with Gasteiger partial charge in [0, 0.05) is 6.20 Å². The summed E-state index contributed by atoms with van der Waals surface area (Å²) >= 11 is 3.54. The second-order valence-electron chi connectivity index (χ2n) is 6.81. The smallest absolute Gasteiger partial charge is 0.0728 e. The molecule has 21 heavy (non-hydrogen) atoms. The van der Waals surface area contributed by atoms with Gasteiger partial charge in [0.1, 0.15) is 0 Å². The van der Waals surface area contributed by atoms with Gasteiger partial charge in [-0.25, -0.2) is 0 Å². The van der Waals surface area contributed by atoms with Crippen molar-refractivity contribution >= 4 is 15.9 Å². The van der Waals surface area contributed by atoms with Crippen LogP contribution < -0.4 is 0 Å². The number of aromatic nitrogens is 2. The summed E-state index contributed by atoms with van der Waals surface area (Å²) in [6, 6.07) is 0.457. The molecule has 0 N–H and O–H groups in total. The van der Waals surface area contributed by atoms with Gasteiger partial charge in [0.15, 0.2) is 0 Å². The zero-order valence-corrected chi connectivity index (χ0v) is 14.5. The van der Waals surface area contributed by atoms with E-state index < -0.39 is 0 Å². The molecule has 3 heteroatoms. The molecule has 1 aromatic rings. The zero-order valence-electron chi connectivity index (χ0n) is 12.9. The first-order valence-corrected chi connectivity index (χ1v) is 9.50. The van der Waals surface area contributed by atoms with Gasteiger partial charge in [0.2, 0.25) is 0 Å². The quantitative estimate of drug-likeness (QED) is 0.617. The average Bonchev–Trinajstić information content (AvgIpc) is 2.96. The van der Waals surface area contributed by atoms with Crippen molar-refractivity contribution in [1.29, 1.82) is 0 Å². The van der Waals surface area contributed by atoms with Gasteiger partial charge >= 0.3 is 0 Å². The highest BCUT2D eigenvalue weighted by molar-refractivity contribution is 9.10. The fourth-order valence-corrected chi connectivity index (χ4v) is 4.31. The molecular weight excluding hydrogens is 324 g/mol. The van der Waals surface area contributed by atoms with E-state index in [2.05, 4.69) is 44.1 Å². The average molecular weight is 351 g/mol. The Morgan fingerprint density at radius 1 is 1.05 bits per heavy atom. The van der Waals surface area contributed by atoms with Crippen molar-refractivity contribution in [3.05, 3.63) is 29.0 Å². The third-order valence-electron chi connectivity index (χ3n) is 5.24. The molecule has 0 radical (unpaired) electrons. The fourth-order valence-electron chi connectivity index (χ4n) is 4.01. The fraction of sp³-hybridized carbons (Fsp3) is 0.722. The minimum absolute atomic E-state index is 0.457. The highest BCUT2D eigenvalue weighted by Crippen LogP contribution is 2.35. The van der Waals surface area contributed by atoms with E-state index in [1.165, 1.54) is 64.2 Å². The second-order valence-corrected chi connectivity index (χ2v) is 7.73. The van der Waals surface area contributed by atoms with E-state index in [4.69, 9.17) is 0 Å². The first kappa shape index (κ1) is 15.3. The van der Waals surface area contributed by atoms with E-state index in [9.17, 15) is 0 Å². The molecule has 2 saturated carbocycles. The largest absolute Gasteiger partial charge is 0.264 e. The number of hydrogen-bond donors (Lipinski definition) is 0. The van der Waals surface area contributed by atoms with Crippen LogP contribution in [0.3, 0.4) is 0 Å². The first-order chi connectivity index (χ1) is 10.3. The Morgan fingerprint density at radius 3 is 2.33 bits per heavy atom. The van der Waals surface area contributed by atoms with E-state index in [0.717, 1.165) is 16.3 Å². The van der Waals surface area contributed by atoms with Crippen molar-refractivity contribution in [1.82, 2.24) is 9.78 Å². The Labute approximate surface area is 137 Å². The van der Waals surface area contributed by atoms with Gasteiger partial charge in [-0.2, -0.15) is 5.10 Å². The van der Waals surface area contributed by atoms with Gasteiger partial charge in [0.05, 0.1) is 16.7 Å². The van der Waals surface area contributed by atoms with Crippen LogP contribution in [0.2, 0.25) is 0 Å². The summed E-state index contributed by atoms with van der Waals surface area (Å²) in [4.78, 5) is 0. The lowest BCUT2D eigenvalue weighted by atomic mass is 9.82. The summed E-state index contributed by atoms with van der Waals surface area (Å²) in [5.74, 6) is 1.58.